The van der Waals surface area contributed by atoms with Gasteiger partial charge in [-0.3, -0.25) is 9.59 Å². The van der Waals surface area contributed by atoms with Gasteiger partial charge in [0.05, 0.1) is 5.52 Å². The lowest BCUT2D eigenvalue weighted by Crippen LogP contribution is -2.38. The Morgan fingerprint density at radius 3 is 1.93 bits per heavy atom. The molecule has 0 spiro atoms. The second kappa shape index (κ2) is 15.0. The molecule has 6 aromatic carbocycles. The van der Waals surface area contributed by atoms with Gasteiger partial charge < -0.3 is 10.1 Å². The fourth-order valence-corrected chi connectivity index (χ4v) is 7.77. The zero-order valence-corrected chi connectivity index (χ0v) is 30.5. The van der Waals surface area contributed by atoms with Crippen molar-refractivity contribution in [3.8, 4) is 22.6 Å². The third-order valence-corrected chi connectivity index (χ3v) is 10.4. The van der Waals surface area contributed by atoms with Gasteiger partial charge in [-0.15, -0.1) is 5.10 Å². The van der Waals surface area contributed by atoms with E-state index in [2.05, 4.69) is 90.2 Å². The zero-order valence-electron chi connectivity index (χ0n) is 30.5. The van der Waals surface area contributed by atoms with Gasteiger partial charge in [-0.1, -0.05) is 133 Å². The second-order valence-electron chi connectivity index (χ2n) is 13.9. The molecule has 1 fully saturated rings. The minimum Gasteiger partial charge on any atom is -0.356 e. The average Bonchev–Trinajstić information content (AvgIpc) is 3.92. The van der Waals surface area contributed by atoms with Crippen LogP contribution in [0.15, 0.2) is 170 Å². The predicted octanol–water partition coefficient (Wildman–Crippen LogP) is 9.32. The number of fused-ring (bicyclic) bond motifs is 1. The fourth-order valence-electron chi connectivity index (χ4n) is 7.77. The molecule has 1 aliphatic rings. The van der Waals surface area contributed by atoms with E-state index >= 15 is 0 Å². The molecule has 0 radical (unpaired) electrons. The third kappa shape index (κ3) is 6.37. The molecule has 9 nitrogen and oxygen atoms in total. The molecule has 3 heterocycles. The number of aromatic nitrogens is 5. The standard InChI is InChI=1S/C47H38N6O3/c54-44(33-16-5-1-6-17-33)46(55)49-39-25-15-18-34(30-39)43-40-31-35(27-28-41(40)53(50-43)42-26-13-14-29-56-42)45-48-32-52(51-45)47(36-19-7-2-8-20-36,37-21-9-3-10-22-37)38-23-11-4-12-24-38/h1-12,15-25,27-28,30-32,42H,13-14,26,29H2,(H,49,55). The van der Waals surface area contributed by atoms with E-state index in [0.717, 1.165) is 58.0 Å². The Hall–Kier alpha value is -6.97. The van der Waals surface area contributed by atoms with Crippen LogP contribution in [0.1, 0.15) is 52.5 Å². The zero-order chi connectivity index (χ0) is 37.9. The highest BCUT2D eigenvalue weighted by molar-refractivity contribution is 6.46. The Morgan fingerprint density at radius 2 is 1.30 bits per heavy atom. The summed E-state index contributed by atoms with van der Waals surface area (Å²) in [4.78, 5) is 30.8. The van der Waals surface area contributed by atoms with E-state index in [-0.39, 0.29) is 6.23 Å². The fraction of sp³-hybridized carbons (Fsp3) is 0.128. The number of rotatable bonds is 10. The first-order valence-corrected chi connectivity index (χ1v) is 18.8. The van der Waals surface area contributed by atoms with Crippen molar-refractivity contribution in [1.82, 2.24) is 24.5 Å². The predicted molar refractivity (Wildman–Crippen MR) is 217 cm³/mol. The molecule has 1 unspecified atom stereocenters. The van der Waals surface area contributed by atoms with Crippen molar-refractivity contribution in [3.63, 3.8) is 0 Å². The lowest BCUT2D eigenvalue weighted by atomic mass is 9.77. The van der Waals surface area contributed by atoms with Crippen molar-refractivity contribution in [2.24, 2.45) is 0 Å². The summed E-state index contributed by atoms with van der Waals surface area (Å²) in [7, 11) is 0. The molecular formula is C47H38N6O3. The topological polar surface area (TPSA) is 104 Å². The molecule has 0 aliphatic carbocycles. The summed E-state index contributed by atoms with van der Waals surface area (Å²) in [6.45, 7) is 0.670. The maximum atomic E-state index is 13.0. The Labute approximate surface area is 324 Å². The smallest absolute Gasteiger partial charge is 0.296 e. The lowest BCUT2D eigenvalue weighted by Gasteiger charge is -2.35. The SMILES string of the molecule is O=C(Nc1cccc(-c2nn(C3CCCCO3)c3ccc(-c4ncn(C(c5ccccc5)(c5ccccc5)c5ccccc5)n4)cc23)c1)C(=O)c1ccccc1. The molecule has 2 aromatic heterocycles. The molecule has 274 valence electrons. The van der Waals surface area contributed by atoms with Crippen molar-refractivity contribution in [1.29, 1.82) is 0 Å². The first kappa shape index (κ1) is 34.8. The van der Waals surface area contributed by atoms with Gasteiger partial charge in [0, 0.05) is 34.4 Å². The van der Waals surface area contributed by atoms with Gasteiger partial charge in [-0.25, -0.2) is 14.3 Å². The van der Waals surface area contributed by atoms with Gasteiger partial charge in [0.2, 0.25) is 0 Å². The number of nitrogens with one attached hydrogen (secondary N) is 1. The van der Waals surface area contributed by atoms with E-state index in [4.69, 9.17) is 19.9 Å². The molecule has 1 atom stereocenters. The van der Waals surface area contributed by atoms with Gasteiger partial charge in [0.15, 0.2) is 12.1 Å². The molecule has 1 N–H and O–H groups in total. The van der Waals surface area contributed by atoms with Gasteiger partial charge >= 0.3 is 0 Å². The van der Waals surface area contributed by atoms with Crippen molar-refractivity contribution < 1.29 is 14.3 Å². The number of carbonyl (C=O) groups excluding carboxylic acids is 2. The average molecular weight is 735 g/mol. The minimum atomic E-state index is -0.805. The number of ether oxygens (including phenoxy) is 1. The summed E-state index contributed by atoms with van der Waals surface area (Å²) in [5.41, 5.74) is 6.40. The summed E-state index contributed by atoms with van der Waals surface area (Å²) in [5.74, 6) is -0.749. The summed E-state index contributed by atoms with van der Waals surface area (Å²) >= 11 is 0. The number of ketones is 1. The van der Waals surface area contributed by atoms with E-state index < -0.39 is 17.2 Å². The molecule has 1 aliphatic heterocycles. The first-order chi connectivity index (χ1) is 27.6. The van der Waals surface area contributed by atoms with Crippen LogP contribution in [0.25, 0.3) is 33.5 Å². The highest BCUT2D eigenvalue weighted by atomic mass is 16.5. The molecule has 56 heavy (non-hydrogen) atoms. The van der Waals surface area contributed by atoms with Crippen molar-refractivity contribution in [2.45, 2.75) is 31.0 Å². The summed E-state index contributed by atoms with van der Waals surface area (Å²) < 4.78 is 10.2. The normalized spacial score (nSPS) is 14.4. The number of anilines is 1. The van der Waals surface area contributed by atoms with Crippen LogP contribution in [-0.2, 0) is 15.1 Å². The summed E-state index contributed by atoms with van der Waals surface area (Å²) in [6, 6.07) is 53.3. The Kier molecular flexibility index (Phi) is 9.34. The van der Waals surface area contributed by atoms with Crippen LogP contribution in [0.3, 0.4) is 0 Å². The number of hydrogen-bond acceptors (Lipinski definition) is 6. The molecular weight excluding hydrogens is 697 g/mol. The van der Waals surface area contributed by atoms with Crippen molar-refractivity contribution in [3.05, 3.63) is 192 Å². The van der Waals surface area contributed by atoms with Crippen LogP contribution in [0.5, 0.6) is 0 Å². The maximum Gasteiger partial charge on any atom is 0.296 e. The van der Waals surface area contributed by atoms with E-state index in [1.807, 2.05) is 58.2 Å². The number of Topliss-reactive ketones (excluding diaryl/α,β-unsaturated/α-hetero) is 1. The van der Waals surface area contributed by atoms with E-state index in [1.54, 1.807) is 36.4 Å². The number of carbonyl (C=O) groups is 2. The quantitative estimate of drug-likeness (QED) is 0.0854. The third-order valence-electron chi connectivity index (χ3n) is 10.4. The molecule has 9 rings (SSSR count). The van der Waals surface area contributed by atoms with Crippen LogP contribution in [0.4, 0.5) is 5.69 Å². The number of nitrogens with zero attached hydrogens (tertiary/aromatic N) is 5. The summed E-state index contributed by atoms with van der Waals surface area (Å²) in [6.07, 6.45) is 4.51. The largest absolute Gasteiger partial charge is 0.356 e. The Balaban J connectivity index is 1.15. The van der Waals surface area contributed by atoms with Crippen molar-refractivity contribution >= 4 is 28.3 Å². The van der Waals surface area contributed by atoms with Crippen LogP contribution in [0.2, 0.25) is 0 Å². The van der Waals surface area contributed by atoms with Gasteiger partial charge in [0.1, 0.15) is 17.6 Å². The van der Waals surface area contributed by atoms with E-state index in [1.165, 1.54) is 0 Å². The number of benzene rings is 6. The summed E-state index contributed by atoms with van der Waals surface area (Å²) in [5, 5.41) is 14.1. The van der Waals surface area contributed by atoms with Crippen molar-refractivity contribution in [2.75, 3.05) is 11.9 Å². The highest BCUT2D eigenvalue weighted by Crippen LogP contribution is 2.41. The molecule has 1 amide bonds. The minimum absolute atomic E-state index is 0.210. The van der Waals surface area contributed by atoms with Gasteiger partial charge in [-0.2, -0.15) is 5.10 Å². The monoisotopic (exact) mass is 734 g/mol. The first-order valence-electron chi connectivity index (χ1n) is 18.8. The van der Waals surface area contributed by atoms with Crippen LogP contribution < -0.4 is 5.32 Å². The van der Waals surface area contributed by atoms with Crippen LogP contribution in [0, 0.1) is 0 Å². The van der Waals surface area contributed by atoms with Gasteiger partial charge in [0.25, 0.3) is 11.7 Å². The second-order valence-corrected chi connectivity index (χ2v) is 13.9. The van der Waals surface area contributed by atoms with Gasteiger partial charge in [-0.05, 0) is 66.3 Å². The molecule has 8 aromatic rings. The number of hydrogen-bond donors (Lipinski definition) is 1. The highest BCUT2D eigenvalue weighted by Gasteiger charge is 2.39. The Bertz CT molecular complexity index is 2540. The Morgan fingerprint density at radius 1 is 0.661 bits per heavy atom. The van der Waals surface area contributed by atoms with Crippen LogP contribution in [-0.4, -0.2) is 42.8 Å². The molecule has 9 heteroatoms. The number of amides is 1. The van der Waals surface area contributed by atoms with E-state index in [0.29, 0.717) is 29.4 Å². The van der Waals surface area contributed by atoms with Crippen LogP contribution >= 0.6 is 0 Å². The lowest BCUT2D eigenvalue weighted by molar-refractivity contribution is -0.112. The molecule has 0 saturated carbocycles. The maximum absolute atomic E-state index is 13.0. The van der Waals surface area contributed by atoms with E-state index in [9.17, 15) is 9.59 Å². The molecule has 1 saturated heterocycles. The molecule has 0 bridgehead atoms.